The fourth-order valence-electron chi connectivity index (χ4n) is 2.40. The number of nitrogens with zero attached hydrogens (tertiary/aromatic N) is 2. The van der Waals surface area contributed by atoms with Crippen molar-refractivity contribution < 1.29 is 30.1 Å². The van der Waals surface area contributed by atoms with E-state index in [0.29, 0.717) is 0 Å². The predicted octanol–water partition coefficient (Wildman–Crippen LogP) is -0.835. The normalized spacial score (nSPS) is 28.5. The summed E-state index contributed by atoms with van der Waals surface area (Å²) in [5.74, 6) is -1.63. The van der Waals surface area contributed by atoms with Gasteiger partial charge in [0.2, 0.25) is 0 Å². The molecule has 0 saturated carbocycles. The van der Waals surface area contributed by atoms with Crippen molar-refractivity contribution in [3.8, 4) is 0 Å². The van der Waals surface area contributed by atoms with E-state index in [2.05, 4.69) is 4.98 Å². The zero-order valence-corrected chi connectivity index (χ0v) is 12.4. The van der Waals surface area contributed by atoms with Crippen molar-refractivity contribution >= 4 is 11.8 Å². The van der Waals surface area contributed by atoms with Gasteiger partial charge in [-0.15, -0.1) is 0 Å². The molecule has 1 saturated heterocycles. The fourth-order valence-corrected chi connectivity index (χ4v) is 2.40. The fraction of sp³-hybridized carbons (Fsp3) is 0.615. The number of aliphatic carboxylic acids is 1. The third-order valence-electron chi connectivity index (χ3n) is 3.86. The molecule has 0 aromatic carbocycles. The molecule has 5 N–H and O–H groups in total. The first-order valence-corrected chi connectivity index (χ1v) is 7.09. The Bertz CT molecular complexity index is 620. The summed E-state index contributed by atoms with van der Waals surface area (Å²) < 4.78 is 6.50. The van der Waals surface area contributed by atoms with E-state index in [9.17, 15) is 19.8 Å². The van der Waals surface area contributed by atoms with E-state index in [-0.39, 0.29) is 18.7 Å². The van der Waals surface area contributed by atoms with Gasteiger partial charge in [0.15, 0.2) is 12.0 Å². The molecular weight excluding hydrogens is 310 g/mol. The molecule has 0 aliphatic carbocycles. The summed E-state index contributed by atoms with van der Waals surface area (Å²) in [6.07, 6.45) is -2.78. The summed E-state index contributed by atoms with van der Waals surface area (Å²) in [4.78, 5) is 26.2. The van der Waals surface area contributed by atoms with Gasteiger partial charge in [0.25, 0.3) is 0 Å². The SMILES string of the molecule is CC(CC[C@H]1O[C@@H](n2ccc(NO)nc2=O)[C@H](O)[C@@H]1O)C(=O)O. The highest BCUT2D eigenvalue weighted by molar-refractivity contribution is 5.69. The third kappa shape index (κ3) is 3.67. The maximum atomic E-state index is 11.9. The molecule has 2 heterocycles. The highest BCUT2D eigenvalue weighted by Crippen LogP contribution is 2.31. The lowest BCUT2D eigenvalue weighted by atomic mass is 9.99. The lowest BCUT2D eigenvalue weighted by Gasteiger charge is -2.17. The number of aliphatic hydroxyl groups is 2. The van der Waals surface area contributed by atoms with Gasteiger partial charge >= 0.3 is 11.7 Å². The Morgan fingerprint density at radius 1 is 1.48 bits per heavy atom. The van der Waals surface area contributed by atoms with E-state index in [4.69, 9.17) is 15.1 Å². The molecule has 23 heavy (non-hydrogen) atoms. The predicted molar refractivity (Wildman–Crippen MR) is 75.9 cm³/mol. The third-order valence-corrected chi connectivity index (χ3v) is 3.86. The molecular formula is C13H19N3O7. The minimum atomic E-state index is -1.35. The molecule has 1 aliphatic rings. The van der Waals surface area contributed by atoms with Crippen molar-refractivity contribution in [2.24, 2.45) is 5.92 Å². The molecule has 1 unspecified atom stereocenters. The second-order valence-corrected chi connectivity index (χ2v) is 5.48. The molecule has 0 bridgehead atoms. The second-order valence-electron chi connectivity index (χ2n) is 5.48. The number of rotatable bonds is 6. The number of ether oxygens (including phenoxy) is 1. The zero-order chi connectivity index (χ0) is 17.1. The molecule has 1 fully saturated rings. The molecule has 2 rings (SSSR count). The van der Waals surface area contributed by atoms with Crippen LogP contribution in [0.25, 0.3) is 0 Å². The standard InChI is InChI=1S/C13H19N3O7/c1-6(12(19)20)2-3-7-9(17)10(18)11(23-7)16-5-4-8(15-22)14-13(16)21/h4-7,9-11,17-18,22H,2-3H2,1H3,(H,19,20)(H,14,15,21)/t6?,7-,9-,10-,11-/m1/s1. The molecule has 10 nitrogen and oxygen atoms in total. The van der Waals surface area contributed by atoms with Gasteiger partial charge in [-0.3, -0.25) is 20.0 Å². The van der Waals surface area contributed by atoms with Crippen molar-refractivity contribution in [1.82, 2.24) is 9.55 Å². The average Bonchev–Trinajstić information content (AvgIpc) is 2.80. The summed E-state index contributed by atoms with van der Waals surface area (Å²) in [6.45, 7) is 1.53. The van der Waals surface area contributed by atoms with Gasteiger partial charge in [0, 0.05) is 6.20 Å². The van der Waals surface area contributed by atoms with Crippen LogP contribution in [0.4, 0.5) is 5.82 Å². The number of anilines is 1. The van der Waals surface area contributed by atoms with Gasteiger partial charge in [0.1, 0.15) is 12.2 Å². The quantitative estimate of drug-likeness (QED) is 0.420. The molecule has 1 aliphatic heterocycles. The monoisotopic (exact) mass is 329 g/mol. The topological polar surface area (TPSA) is 154 Å². The zero-order valence-electron chi connectivity index (χ0n) is 12.4. The summed E-state index contributed by atoms with van der Waals surface area (Å²) in [7, 11) is 0. The lowest BCUT2D eigenvalue weighted by molar-refractivity contribution is -0.141. The van der Waals surface area contributed by atoms with Gasteiger partial charge in [-0.05, 0) is 18.9 Å². The van der Waals surface area contributed by atoms with E-state index < -0.39 is 42.1 Å². The number of hydrogen-bond acceptors (Lipinski definition) is 8. The highest BCUT2D eigenvalue weighted by Gasteiger charge is 2.44. The van der Waals surface area contributed by atoms with Crippen molar-refractivity contribution in [3.05, 3.63) is 22.7 Å². The summed E-state index contributed by atoms with van der Waals surface area (Å²) in [5, 5.41) is 37.6. The molecule has 5 atom stereocenters. The number of aliphatic hydroxyl groups excluding tert-OH is 2. The van der Waals surface area contributed by atoms with Crippen LogP contribution in [0.2, 0.25) is 0 Å². The Balaban J connectivity index is 2.10. The van der Waals surface area contributed by atoms with Crippen molar-refractivity contribution in [3.63, 3.8) is 0 Å². The lowest BCUT2D eigenvalue weighted by Crippen LogP contribution is -2.35. The Morgan fingerprint density at radius 2 is 2.17 bits per heavy atom. The average molecular weight is 329 g/mol. The van der Waals surface area contributed by atoms with Crippen LogP contribution in [0.5, 0.6) is 0 Å². The molecule has 1 aromatic heterocycles. The number of nitrogens with one attached hydrogen (secondary N) is 1. The van der Waals surface area contributed by atoms with Crippen molar-refractivity contribution in [2.75, 3.05) is 5.48 Å². The smallest absolute Gasteiger partial charge is 0.351 e. The van der Waals surface area contributed by atoms with Crippen LogP contribution >= 0.6 is 0 Å². The molecule has 0 amide bonds. The number of carboxylic acid groups (broad SMARTS) is 1. The van der Waals surface area contributed by atoms with Crippen LogP contribution in [-0.4, -0.2) is 54.4 Å². The highest BCUT2D eigenvalue weighted by atomic mass is 16.6. The first-order valence-electron chi connectivity index (χ1n) is 7.09. The number of hydrogen-bond donors (Lipinski definition) is 5. The maximum Gasteiger partial charge on any atom is 0.351 e. The van der Waals surface area contributed by atoms with E-state index in [1.54, 1.807) is 5.48 Å². The molecule has 1 aromatic rings. The van der Waals surface area contributed by atoms with E-state index in [1.807, 2.05) is 0 Å². The van der Waals surface area contributed by atoms with Crippen LogP contribution in [-0.2, 0) is 9.53 Å². The second kappa shape index (κ2) is 7.04. The van der Waals surface area contributed by atoms with Crippen LogP contribution in [0.15, 0.2) is 17.1 Å². The van der Waals surface area contributed by atoms with Gasteiger partial charge in [-0.1, -0.05) is 6.92 Å². The molecule has 0 radical (unpaired) electrons. The minimum absolute atomic E-state index is 0.0638. The molecule has 10 heteroatoms. The van der Waals surface area contributed by atoms with Crippen LogP contribution in [0.1, 0.15) is 26.0 Å². The van der Waals surface area contributed by atoms with Gasteiger partial charge in [-0.2, -0.15) is 4.98 Å². The van der Waals surface area contributed by atoms with Crippen molar-refractivity contribution in [2.45, 2.75) is 44.3 Å². The van der Waals surface area contributed by atoms with Gasteiger partial charge in [-0.25, -0.2) is 4.79 Å². The Morgan fingerprint density at radius 3 is 2.74 bits per heavy atom. The van der Waals surface area contributed by atoms with E-state index in [1.165, 1.54) is 19.2 Å². The molecule has 128 valence electrons. The number of aromatic nitrogens is 2. The van der Waals surface area contributed by atoms with Crippen LogP contribution < -0.4 is 11.2 Å². The first-order chi connectivity index (χ1) is 10.8. The number of carboxylic acids is 1. The number of carbonyl (C=O) groups is 1. The van der Waals surface area contributed by atoms with Gasteiger partial charge < -0.3 is 20.1 Å². The first kappa shape index (κ1) is 17.3. The largest absolute Gasteiger partial charge is 0.481 e. The van der Waals surface area contributed by atoms with Crippen molar-refractivity contribution in [1.29, 1.82) is 0 Å². The summed E-state index contributed by atoms with van der Waals surface area (Å²) in [5.41, 5.74) is 0.947. The Hall–Kier alpha value is -2.01. The van der Waals surface area contributed by atoms with E-state index >= 15 is 0 Å². The Kier molecular flexibility index (Phi) is 5.31. The minimum Gasteiger partial charge on any atom is -0.481 e. The Labute approximate surface area is 130 Å². The van der Waals surface area contributed by atoms with Crippen LogP contribution in [0, 0.1) is 5.92 Å². The summed E-state index contributed by atoms with van der Waals surface area (Å²) in [6, 6.07) is 1.30. The maximum absolute atomic E-state index is 11.9. The summed E-state index contributed by atoms with van der Waals surface area (Å²) >= 11 is 0. The molecule has 0 spiro atoms. The van der Waals surface area contributed by atoms with Gasteiger partial charge in [0.05, 0.1) is 12.0 Å². The van der Waals surface area contributed by atoms with Crippen LogP contribution in [0.3, 0.4) is 0 Å². The van der Waals surface area contributed by atoms with E-state index in [0.717, 1.165) is 4.57 Å².